The summed E-state index contributed by atoms with van der Waals surface area (Å²) in [5.41, 5.74) is 1.03. The second-order valence-corrected chi connectivity index (χ2v) is 4.58. The van der Waals surface area contributed by atoms with E-state index in [2.05, 4.69) is 19.0 Å². The summed E-state index contributed by atoms with van der Waals surface area (Å²) in [7, 11) is 0. The molecule has 14 heavy (non-hydrogen) atoms. The van der Waals surface area contributed by atoms with Crippen molar-refractivity contribution >= 4 is 5.97 Å². The van der Waals surface area contributed by atoms with E-state index in [1.165, 1.54) is 0 Å². The van der Waals surface area contributed by atoms with Crippen LogP contribution in [0.25, 0.3) is 0 Å². The highest BCUT2D eigenvalue weighted by Gasteiger charge is 2.32. The summed E-state index contributed by atoms with van der Waals surface area (Å²) < 4.78 is 5.01. The third-order valence-electron chi connectivity index (χ3n) is 2.76. The van der Waals surface area contributed by atoms with Gasteiger partial charge in [-0.15, -0.1) is 0 Å². The number of aromatic nitrogens is 1. The van der Waals surface area contributed by atoms with Gasteiger partial charge in [0.15, 0.2) is 5.69 Å². The lowest BCUT2D eigenvalue weighted by Gasteiger charge is -2.27. The number of hydrogen-bond acceptors (Lipinski definition) is 3. The Hall–Kier alpha value is -1.32. The van der Waals surface area contributed by atoms with E-state index in [0.29, 0.717) is 0 Å². The first-order valence-corrected chi connectivity index (χ1v) is 4.70. The van der Waals surface area contributed by atoms with Gasteiger partial charge in [0.1, 0.15) is 5.76 Å². The first kappa shape index (κ1) is 9.24. The SMILES string of the molecule is CC1(C)CCc2onc(C(=O)O)c2C1. The molecular weight excluding hydrogens is 182 g/mol. The highest BCUT2D eigenvalue weighted by molar-refractivity contribution is 5.87. The molecule has 0 aliphatic heterocycles. The molecule has 1 heterocycles. The molecule has 0 saturated heterocycles. The molecule has 2 rings (SSSR count). The van der Waals surface area contributed by atoms with Gasteiger partial charge >= 0.3 is 5.97 Å². The predicted molar refractivity (Wildman–Crippen MR) is 49.3 cm³/mol. The molecule has 0 bridgehead atoms. The Morgan fingerprint density at radius 3 is 2.93 bits per heavy atom. The predicted octanol–water partition coefficient (Wildman–Crippen LogP) is 1.89. The Morgan fingerprint density at radius 1 is 1.57 bits per heavy atom. The van der Waals surface area contributed by atoms with Crippen molar-refractivity contribution in [3.63, 3.8) is 0 Å². The molecule has 1 aliphatic carbocycles. The third kappa shape index (κ3) is 1.41. The van der Waals surface area contributed by atoms with Crippen LogP contribution in [0.15, 0.2) is 4.52 Å². The average molecular weight is 195 g/mol. The van der Waals surface area contributed by atoms with E-state index in [-0.39, 0.29) is 11.1 Å². The van der Waals surface area contributed by atoms with Crippen molar-refractivity contribution in [2.75, 3.05) is 0 Å². The van der Waals surface area contributed by atoms with Crippen molar-refractivity contribution in [1.29, 1.82) is 0 Å². The Morgan fingerprint density at radius 2 is 2.29 bits per heavy atom. The summed E-state index contributed by atoms with van der Waals surface area (Å²) in [6, 6.07) is 0. The summed E-state index contributed by atoms with van der Waals surface area (Å²) in [6.07, 6.45) is 2.56. The van der Waals surface area contributed by atoms with Crippen LogP contribution < -0.4 is 0 Å². The summed E-state index contributed by atoms with van der Waals surface area (Å²) in [5, 5.41) is 12.5. The van der Waals surface area contributed by atoms with Gasteiger partial charge in [0.2, 0.25) is 0 Å². The van der Waals surface area contributed by atoms with E-state index in [4.69, 9.17) is 9.63 Å². The van der Waals surface area contributed by atoms with Crippen molar-refractivity contribution in [2.24, 2.45) is 5.41 Å². The average Bonchev–Trinajstić information content (AvgIpc) is 2.44. The minimum atomic E-state index is -0.993. The zero-order valence-corrected chi connectivity index (χ0v) is 8.33. The van der Waals surface area contributed by atoms with Gasteiger partial charge in [-0.25, -0.2) is 4.79 Å². The fourth-order valence-corrected chi connectivity index (χ4v) is 1.91. The Bertz CT molecular complexity index is 379. The van der Waals surface area contributed by atoms with Crippen LogP contribution >= 0.6 is 0 Å². The number of aryl methyl sites for hydroxylation is 1. The van der Waals surface area contributed by atoms with Crippen molar-refractivity contribution in [1.82, 2.24) is 5.16 Å². The van der Waals surface area contributed by atoms with Crippen LogP contribution in [0.4, 0.5) is 0 Å². The maximum atomic E-state index is 10.8. The molecule has 0 unspecified atom stereocenters. The van der Waals surface area contributed by atoms with Gasteiger partial charge < -0.3 is 9.63 Å². The first-order valence-electron chi connectivity index (χ1n) is 4.70. The summed E-state index contributed by atoms with van der Waals surface area (Å²) >= 11 is 0. The lowest BCUT2D eigenvalue weighted by molar-refractivity contribution is 0.0684. The van der Waals surface area contributed by atoms with Crippen LogP contribution in [-0.4, -0.2) is 16.2 Å². The smallest absolute Gasteiger partial charge is 0.358 e. The van der Waals surface area contributed by atoms with Crippen LogP contribution in [0.3, 0.4) is 0 Å². The van der Waals surface area contributed by atoms with Crippen molar-refractivity contribution in [3.05, 3.63) is 17.0 Å². The molecule has 1 aliphatic rings. The number of carbonyl (C=O) groups is 1. The minimum Gasteiger partial charge on any atom is -0.476 e. The third-order valence-corrected chi connectivity index (χ3v) is 2.76. The van der Waals surface area contributed by atoms with Crippen LogP contribution in [0.5, 0.6) is 0 Å². The van der Waals surface area contributed by atoms with Crippen LogP contribution in [0.2, 0.25) is 0 Å². The molecule has 0 saturated carbocycles. The van der Waals surface area contributed by atoms with Gasteiger partial charge in [0, 0.05) is 12.0 Å². The molecular formula is C10H13NO3. The number of aromatic carboxylic acids is 1. The first-order chi connectivity index (χ1) is 6.49. The van der Waals surface area contributed by atoms with E-state index in [1.54, 1.807) is 0 Å². The molecule has 0 aromatic carbocycles. The molecule has 0 amide bonds. The van der Waals surface area contributed by atoms with Crippen LogP contribution in [0.1, 0.15) is 42.1 Å². The molecule has 76 valence electrons. The number of hydrogen-bond donors (Lipinski definition) is 1. The zero-order valence-electron chi connectivity index (χ0n) is 8.33. The highest BCUT2D eigenvalue weighted by atomic mass is 16.5. The Kier molecular flexibility index (Phi) is 1.87. The van der Waals surface area contributed by atoms with Gasteiger partial charge in [0.05, 0.1) is 0 Å². The normalized spacial score (nSPS) is 19.0. The monoisotopic (exact) mass is 195 g/mol. The maximum absolute atomic E-state index is 10.8. The molecule has 1 aromatic heterocycles. The lowest BCUT2D eigenvalue weighted by atomic mass is 9.76. The fraction of sp³-hybridized carbons (Fsp3) is 0.600. The van der Waals surface area contributed by atoms with E-state index in [9.17, 15) is 4.79 Å². The molecule has 1 N–H and O–H groups in total. The molecule has 0 atom stereocenters. The molecule has 1 aromatic rings. The summed E-state index contributed by atoms with van der Waals surface area (Å²) in [4.78, 5) is 10.8. The standard InChI is InChI=1S/C10H13NO3/c1-10(2)4-3-7-6(5-10)8(9(12)13)11-14-7/h3-5H2,1-2H3,(H,12,13). The molecule has 4 nitrogen and oxygen atoms in total. The summed E-state index contributed by atoms with van der Waals surface area (Å²) in [6.45, 7) is 4.27. The van der Waals surface area contributed by atoms with Crippen LogP contribution in [0, 0.1) is 5.41 Å². The number of carboxylic acid groups (broad SMARTS) is 1. The molecule has 0 fully saturated rings. The Balaban J connectivity index is 2.42. The quantitative estimate of drug-likeness (QED) is 0.743. The van der Waals surface area contributed by atoms with Gasteiger partial charge in [-0.3, -0.25) is 0 Å². The van der Waals surface area contributed by atoms with E-state index in [1.807, 2.05) is 0 Å². The molecule has 0 spiro atoms. The number of nitrogens with zero attached hydrogens (tertiary/aromatic N) is 1. The topological polar surface area (TPSA) is 63.3 Å². The fourth-order valence-electron chi connectivity index (χ4n) is 1.91. The van der Waals surface area contributed by atoms with E-state index < -0.39 is 5.97 Å². The Labute approximate surface area is 81.9 Å². The number of carboxylic acids is 1. The van der Waals surface area contributed by atoms with Gasteiger partial charge in [-0.1, -0.05) is 19.0 Å². The largest absolute Gasteiger partial charge is 0.476 e. The lowest BCUT2D eigenvalue weighted by Crippen LogP contribution is -2.22. The van der Waals surface area contributed by atoms with E-state index in [0.717, 1.165) is 30.6 Å². The molecule has 4 heteroatoms. The van der Waals surface area contributed by atoms with Crippen molar-refractivity contribution in [3.8, 4) is 0 Å². The van der Waals surface area contributed by atoms with Gasteiger partial charge in [-0.2, -0.15) is 0 Å². The van der Waals surface area contributed by atoms with E-state index >= 15 is 0 Å². The van der Waals surface area contributed by atoms with Crippen LogP contribution in [-0.2, 0) is 12.8 Å². The minimum absolute atomic E-state index is 0.0905. The van der Waals surface area contributed by atoms with Crippen molar-refractivity contribution < 1.29 is 14.4 Å². The second-order valence-electron chi connectivity index (χ2n) is 4.58. The second kappa shape index (κ2) is 2.83. The van der Waals surface area contributed by atoms with Crippen molar-refractivity contribution in [2.45, 2.75) is 33.1 Å². The maximum Gasteiger partial charge on any atom is 0.358 e. The number of fused-ring (bicyclic) bond motifs is 1. The summed E-state index contributed by atoms with van der Waals surface area (Å²) in [5.74, 6) is -0.241. The highest BCUT2D eigenvalue weighted by Crippen LogP contribution is 2.36. The molecule has 0 radical (unpaired) electrons. The van der Waals surface area contributed by atoms with Gasteiger partial charge in [-0.05, 0) is 18.3 Å². The van der Waals surface area contributed by atoms with Gasteiger partial charge in [0.25, 0.3) is 0 Å². The number of rotatable bonds is 1. The zero-order chi connectivity index (χ0) is 10.3.